The van der Waals surface area contributed by atoms with Crippen molar-refractivity contribution in [3.63, 3.8) is 0 Å². The molecule has 27 heavy (non-hydrogen) atoms. The Bertz CT molecular complexity index is 685. The number of nitrogens with zero attached hydrogens (tertiary/aromatic N) is 2. The summed E-state index contributed by atoms with van der Waals surface area (Å²) in [5.74, 6) is 2.50. The van der Waals surface area contributed by atoms with E-state index >= 15 is 0 Å². The second-order valence-electron chi connectivity index (χ2n) is 8.36. The van der Waals surface area contributed by atoms with Crippen LogP contribution < -0.4 is 14.8 Å². The number of carbonyl (C=O) groups excluding carboxylic acids is 1. The molecule has 3 heterocycles. The van der Waals surface area contributed by atoms with Gasteiger partial charge in [0.2, 0.25) is 12.7 Å². The number of nitrogens with one attached hydrogen (secondary N) is 1. The zero-order valence-electron chi connectivity index (χ0n) is 16.5. The lowest BCUT2D eigenvalue weighted by Crippen LogP contribution is -2.61. The number of fused-ring (bicyclic) bond motifs is 1. The van der Waals surface area contributed by atoms with E-state index in [4.69, 9.17) is 9.47 Å². The number of likely N-dealkylation sites (N-methyl/N-ethyl adjacent to an activating group) is 1. The van der Waals surface area contributed by atoms with Crippen molar-refractivity contribution in [2.45, 2.75) is 38.1 Å². The van der Waals surface area contributed by atoms with Gasteiger partial charge in [-0.3, -0.25) is 9.69 Å². The second kappa shape index (κ2) is 7.68. The summed E-state index contributed by atoms with van der Waals surface area (Å²) in [6.07, 6.45) is 3.91. The van der Waals surface area contributed by atoms with Crippen LogP contribution in [0, 0.1) is 5.92 Å². The first-order valence-electron chi connectivity index (χ1n) is 10.2. The molecule has 4 rings (SSSR count). The van der Waals surface area contributed by atoms with E-state index in [1.165, 1.54) is 5.56 Å². The van der Waals surface area contributed by atoms with Gasteiger partial charge >= 0.3 is 0 Å². The van der Waals surface area contributed by atoms with Gasteiger partial charge in [0.1, 0.15) is 5.54 Å². The van der Waals surface area contributed by atoms with Gasteiger partial charge < -0.3 is 19.7 Å². The van der Waals surface area contributed by atoms with Crippen LogP contribution in [0.3, 0.4) is 0 Å². The van der Waals surface area contributed by atoms with E-state index in [-0.39, 0.29) is 11.4 Å². The quantitative estimate of drug-likeness (QED) is 0.873. The first-order valence-corrected chi connectivity index (χ1v) is 10.2. The Hall–Kier alpha value is -1.79. The van der Waals surface area contributed by atoms with Gasteiger partial charge in [0, 0.05) is 32.7 Å². The van der Waals surface area contributed by atoms with Gasteiger partial charge in [0.15, 0.2) is 11.5 Å². The molecule has 6 heteroatoms. The van der Waals surface area contributed by atoms with Crippen LogP contribution in [0.15, 0.2) is 18.2 Å². The van der Waals surface area contributed by atoms with Gasteiger partial charge in [-0.05, 0) is 56.3 Å². The first-order chi connectivity index (χ1) is 13.1. The number of piperidine rings is 1. The maximum Gasteiger partial charge on any atom is 0.240 e. The van der Waals surface area contributed by atoms with Crippen molar-refractivity contribution in [2.75, 3.05) is 46.6 Å². The molecule has 1 spiro atoms. The summed E-state index contributed by atoms with van der Waals surface area (Å²) < 4.78 is 10.9. The molecule has 3 aliphatic rings. The molecule has 0 bridgehead atoms. The van der Waals surface area contributed by atoms with Crippen molar-refractivity contribution >= 4 is 5.91 Å². The average Bonchev–Trinajstić information content (AvgIpc) is 3.08. The molecule has 0 saturated carbocycles. The van der Waals surface area contributed by atoms with Crippen LogP contribution in [0.25, 0.3) is 0 Å². The Labute approximate surface area is 161 Å². The molecular weight excluding hydrogens is 342 g/mol. The molecule has 1 aromatic carbocycles. The normalized spacial score (nSPS) is 23.9. The fraction of sp³-hybridized carbons (Fsp3) is 0.667. The van der Waals surface area contributed by atoms with Gasteiger partial charge in [-0.15, -0.1) is 0 Å². The van der Waals surface area contributed by atoms with E-state index in [9.17, 15) is 4.79 Å². The molecule has 2 fully saturated rings. The summed E-state index contributed by atoms with van der Waals surface area (Å²) in [5, 5.41) is 3.12. The van der Waals surface area contributed by atoms with Gasteiger partial charge in [-0.25, -0.2) is 0 Å². The minimum absolute atomic E-state index is 0.232. The lowest BCUT2D eigenvalue weighted by Gasteiger charge is -2.45. The van der Waals surface area contributed by atoms with Gasteiger partial charge in [0.05, 0.1) is 0 Å². The summed E-state index contributed by atoms with van der Waals surface area (Å²) in [5.41, 5.74) is 0.996. The zero-order valence-corrected chi connectivity index (χ0v) is 16.5. The first kappa shape index (κ1) is 18.6. The van der Waals surface area contributed by atoms with E-state index in [1.807, 2.05) is 6.07 Å². The van der Waals surface area contributed by atoms with Gasteiger partial charge in [-0.1, -0.05) is 13.0 Å². The number of rotatable bonds is 4. The lowest BCUT2D eigenvalue weighted by atomic mass is 9.84. The molecule has 0 aliphatic carbocycles. The molecule has 3 aliphatic heterocycles. The second-order valence-corrected chi connectivity index (χ2v) is 8.36. The SMILES string of the molecule is CC(Cc1ccc2c(c1)OCO2)CN1CCC2(CC1)C(=O)NCCCN2C. The van der Waals surface area contributed by atoms with E-state index in [0.717, 1.165) is 69.9 Å². The minimum Gasteiger partial charge on any atom is -0.454 e. The van der Waals surface area contributed by atoms with Gasteiger partial charge in [0.25, 0.3) is 0 Å². The maximum atomic E-state index is 12.7. The van der Waals surface area contributed by atoms with Crippen LogP contribution in [0.2, 0.25) is 0 Å². The molecule has 6 nitrogen and oxygen atoms in total. The summed E-state index contributed by atoms with van der Waals surface area (Å²) in [4.78, 5) is 17.5. The average molecular weight is 373 g/mol. The van der Waals surface area contributed by atoms with Crippen molar-refractivity contribution in [1.29, 1.82) is 0 Å². The summed E-state index contributed by atoms with van der Waals surface area (Å²) >= 11 is 0. The Balaban J connectivity index is 1.31. The highest BCUT2D eigenvalue weighted by Crippen LogP contribution is 2.34. The third-order valence-corrected chi connectivity index (χ3v) is 6.38. The van der Waals surface area contributed by atoms with Crippen LogP contribution in [0.4, 0.5) is 0 Å². The summed E-state index contributed by atoms with van der Waals surface area (Å²) in [6.45, 7) is 7.48. The highest BCUT2D eigenvalue weighted by Gasteiger charge is 2.45. The predicted molar refractivity (Wildman–Crippen MR) is 104 cm³/mol. The van der Waals surface area contributed by atoms with Crippen LogP contribution in [-0.4, -0.2) is 67.8 Å². The molecule has 1 N–H and O–H groups in total. The number of likely N-dealkylation sites (tertiary alicyclic amines) is 1. The van der Waals surface area contributed by atoms with Crippen molar-refractivity contribution in [3.8, 4) is 11.5 Å². The number of hydrogen-bond acceptors (Lipinski definition) is 5. The standard InChI is InChI=1S/C21H31N3O3/c1-16(12-17-4-5-18-19(13-17)27-15-26-18)14-24-10-6-21(7-11-24)20(25)22-8-3-9-23(21)2/h4-5,13,16H,3,6-12,14-15H2,1-2H3,(H,22,25). The van der Waals surface area contributed by atoms with Crippen molar-refractivity contribution < 1.29 is 14.3 Å². The molecule has 2 saturated heterocycles. The fourth-order valence-electron chi connectivity index (χ4n) is 4.76. The third-order valence-electron chi connectivity index (χ3n) is 6.38. The number of ether oxygens (including phenoxy) is 2. The number of carbonyl (C=O) groups is 1. The van der Waals surface area contributed by atoms with Crippen molar-refractivity contribution in [2.24, 2.45) is 5.92 Å². The number of amides is 1. The molecule has 1 aromatic rings. The van der Waals surface area contributed by atoms with Crippen LogP contribution in [-0.2, 0) is 11.2 Å². The highest BCUT2D eigenvalue weighted by atomic mass is 16.7. The van der Waals surface area contributed by atoms with Gasteiger partial charge in [-0.2, -0.15) is 0 Å². The molecule has 0 aromatic heterocycles. The topological polar surface area (TPSA) is 54.0 Å². The monoisotopic (exact) mass is 373 g/mol. The largest absolute Gasteiger partial charge is 0.454 e. The minimum atomic E-state index is -0.298. The molecule has 148 valence electrons. The predicted octanol–water partition coefficient (Wildman–Crippen LogP) is 1.88. The Morgan fingerprint density at radius 1 is 1.19 bits per heavy atom. The smallest absolute Gasteiger partial charge is 0.240 e. The number of benzene rings is 1. The zero-order chi connectivity index (χ0) is 18.9. The molecule has 1 unspecified atom stereocenters. The number of hydrogen-bond donors (Lipinski definition) is 1. The molecule has 1 atom stereocenters. The van der Waals surface area contributed by atoms with Crippen LogP contribution in [0.5, 0.6) is 11.5 Å². The van der Waals surface area contributed by atoms with Crippen molar-refractivity contribution in [1.82, 2.24) is 15.1 Å². The van der Waals surface area contributed by atoms with E-state index in [1.54, 1.807) is 0 Å². The third kappa shape index (κ3) is 3.78. The lowest BCUT2D eigenvalue weighted by molar-refractivity contribution is -0.134. The fourth-order valence-corrected chi connectivity index (χ4v) is 4.76. The molecular formula is C21H31N3O3. The Morgan fingerprint density at radius 2 is 1.96 bits per heavy atom. The molecule has 1 amide bonds. The Kier molecular flexibility index (Phi) is 5.28. The maximum absolute atomic E-state index is 12.7. The van der Waals surface area contributed by atoms with E-state index in [2.05, 4.69) is 41.2 Å². The van der Waals surface area contributed by atoms with E-state index in [0.29, 0.717) is 12.7 Å². The Morgan fingerprint density at radius 3 is 2.78 bits per heavy atom. The van der Waals surface area contributed by atoms with Crippen molar-refractivity contribution in [3.05, 3.63) is 23.8 Å². The van der Waals surface area contributed by atoms with Crippen LogP contribution in [0.1, 0.15) is 31.7 Å². The highest BCUT2D eigenvalue weighted by molar-refractivity contribution is 5.86. The molecule has 0 radical (unpaired) electrons. The summed E-state index contributed by atoms with van der Waals surface area (Å²) in [7, 11) is 2.11. The summed E-state index contributed by atoms with van der Waals surface area (Å²) in [6, 6.07) is 6.25. The van der Waals surface area contributed by atoms with E-state index < -0.39 is 0 Å². The van der Waals surface area contributed by atoms with Crippen LogP contribution >= 0.6 is 0 Å².